The summed E-state index contributed by atoms with van der Waals surface area (Å²) in [6.07, 6.45) is 6.90. The summed E-state index contributed by atoms with van der Waals surface area (Å²) in [4.78, 5) is 7.86. The van der Waals surface area contributed by atoms with Gasteiger partial charge in [-0.05, 0) is 211 Å². The second-order valence-corrected chi connectivity index (χ2v) is 30.2. The molecule has 0 amide bonds. The van der Waals surface area contributed by atoms with Crippen LogP contribution in [0.25, 0.3) is 21.9 Å². The molecule has 3 aliphatic carbocycles. The van der Waals surface area contributed by atoms with E-state index < -0.39 is 0 Å². The third kappa shape index (κ3) is 7.97. The lowest BCUT2D eigenvalue weighted by molar-refractivity contribution is 0.332. The van der Waals surface area contributed by atoms with Gasteiger partial charge < -0.3 is 19.1 Å². The molecule has 2 aliphatic heterocycles. The number of hydrogen-bond acceptors (Lipinski definition) is 4. The van der Waals surface area contributed by atoms with Crippen molar-refractivity contribution in [3.63, 3.8) is 0 Å². The van der Waals surface area contributed by atoms with E-state index in [-0.39, 0.29) is 44.6 Å². The van der Waals surface area contributed by atoms with E-state index in [1.54, 1.807) is 0 Å². The smallest absolute Gasteiger partial charge is 0.252 e. The second-order valence-electron chi connectivity index (χ2n) is 30.2. The van der Waals surface area contributed by atoms with Gasteiger partial charge in [-0.3, -0.25) is 0 Å². The van der Waals surface area contributed by atoms with Gasteiger partial charge in [-0.1, -0.05) is 171 Å². The standard InChI is InChI=1S/C76H82BN3O/c1-70(2,3)47-26-29-53-54-30-27-51(42-68(54)81-67(53)38-47)80-64-46-60-58(74(10,11)35-37-76(60,14)15)44-62(64)77-61-43-57-59(75(12,13)36-34-73(57,8)9)45-63(61)79(50-28-31-55-56(39-50)72(6,7)33-32-71(55,4)5)65-40-52(41-66(80)69(65)77)78(48-22-18-16-19-23-48)49-24-20-17-21-25-49/h16-31,38-46H,32-37H2,1-15H3. The van der Waals surface area contributed by atoms with E-state index >= 15 is 0 Å². The number of rotatable bonds is 5. The Hall–Kier alpha value is -6.98. The molecule has 81 heavy (non-hydrogen) atoms. The minimum Gasteiger partial charge on any atom is -0.456 e. The Morgan fingerprint density at radius 2 is 0.778 bits per heavy atom. The molecule has 4 nitrogen and oxygen atoms in total. The van der Waals surface area contributed by atoms with Crippen molar-refractivity contribution in [1.82, 2.24) is 0 Å². The fourth-order valence-electron chi connectivity index (χ4n) is 15.5. The lowest BCUT2D eigenvalue weighted by Crippen LogP contribution is -2.62. The van der Waals surface area contributed by atoms with E-state index in [1.807, 2.05) is 0 Å². The highest BCUT2D eigenvalue weighted by atomic mass is 16.3. The highest BCUT2D eigenvalue weighted by Crippen LogP contribution is 2.56. The van der Waals surface area contributed by atoms with Gasteiger partial charge in [0.15, 0.2) is 0 Å². The first-order chi connectivity index (χ1) is 38.2. The Kier molecular flexibility index (Phi) is 11.1. The zero-order chi connectivity index (χ0) is 56.7. The van der Waals surface area contributed by atoms with Crippen molar-refractivity contribution < 1.29 is 4.42 Å². The molecule has 0 fully saturated rings. The molecule has 5 aliphatic rings. The van der Waals surface area contributed by atoms with Crippen molar-refractivity contribution in [3.05, 3.63) is 191 Å². The van der Waals surface area contributed by atoms with Crippen molar-refractivity contribution >= 4 is 96.2 Å². The van der Waals surface area contributed by atoms with Crippen LogP contribution in [0.1, 0.15) is 181 Å². The Bertz CT molecular complexity index is 4030. The first kappa shape index (κ1) is 52.1. The van der Waals surface area contributed by atoms with E-state index in [4.69, 9.17) is 4.42 Å². The quantitative estimate of drug-likeness (QED) is 0.160. The number of para-hydroxylation sites is 2. The largest absolute Gasteiger partial charge is 0.456 e. The van der Waals surface area contributed by atoms with Gasteiger partial charge in [-0.2, -0.15) is 0 Å². The molecular weight excluding hydrogens is 982 g/mol. The SMILES string of the molecule is CC(C)(C)c1ccc2c(c1)oc1cc(N3c4cc5c(cc4B4c6cc7c(cc6N(c6ccc8c(c6)C(C)(C)CCC8(C)C)c6cc(N(c8ccccc8)c8ccccc8)cc3c64)C(C)(C)CCC7(C)C)C(C)(C)CCC5(C)C)ccc12. The number of nitrogens with zero attached hydrogens (tertiary/aromatic N) is 3. The molecule has 0 saturated heterocycles. The molecule has 5 heteroatoms. The van der Waals surface area contributed by atoms with Crippen molar-refractivity contribution in [2.75, 3.05) is 14.7 Å². The van der Waals surface area contributed by atoms with Crippen LogP contribution in [-0.2, 0) is 37.9 Å². The van der Waals surface area contributed by atoms with Gasteiger partial charge in [0.25, 0.3) is 6.71 Å². The van der Waals surface area contributed by atoms with Crippen LogP contribution in [-0.4, -0.2) is 6.71 Å². The minimum absolute atomic E-state index is 0.00223. The van der Waals surface area contributed by atoms with Gasteiger partial charge in [0, 0.05) is 62.3 Å². The third-order valence-corrected chi connectivity index (χ3v) is 21.0. The summed E-state index contributed by atoms with van der Waals surface area (Å²) in [6, 6.07) is 59.3. The topological polar surface area (TPSA) is 22.9 Å². The maximum atomic E-state index is 7.05. The number of benzene rings is 8. The van der Waals surface area contributed by atoms with Gasteiger partial charge >= 0.3 is 0 Å². The van der Waals surface area contributed by atoms with E-state index in [0.29, 0.717) is 0 Å². The molecule has 410 valence electrons. The summed E-state index contributed by atoms with van der Waals surface area (Å²) in [5.74, 6) is 0. The first-order valence-corrected chi connectivity index (χ1v) is 30.4. The maximum Gasteiger partial charge on any atom is 0.252 e. The molecule has 0 spiro atoms. The predicted molar refractivity (Wildman–Crippen MR) is 347 cm³/mol. The molecule has 0 radical (unpaired) electrons. The van der Waals surface area contributed by atoms with Crippen LogP contribution in [0.3, 0.4) is 0 Å². The van der Waals surface area contributed by atoms with E-state index in [0.717, 1.165) is 76.8 Å². The van der Waals surface area contributed by atoms with Crippen molar-refractivity contribution in [1.29, 1.82) is 0 Å². The Morgan fingerprint density at radius 3 is 1.25 bits per heavy atom. The first-order valence-electron chi connectivity index (χ1n) is 30.4. The molecule has 1 aromatic heterocycles. The third-order valence-electron chi connectivity index (χ3n) is 21.0. The van der Waals surface area contributed by atoms with Crippen LogP contribution in [0.4, 0.5) is 51.2 Å². The summed E-state index contributed by atoms with van der Waals surface area (Å²) in [5.41, 5.74) is 26.8. The molecule has 0 unspecified atom stereocenters. The van der Waals surface area contributed by atoms with Crippen molar-refractivity contribution in [3.8, 4) is 0 Å². The zero-order valence-corrected chi connectivity index (χ0v) is 51.0. The van der Waals surface area contributed by atoms with E-state index in [9.17, 15) is 0 Å². The van der Waals surface area contributed by atoms with Crippen LogP contribution in [0.5, 0.6) is 0 Å². The molecule has 0 bridgehead atoms. The summed E-state index contributed by atoms with van der Waals surface area (Å²) in [6.45, 7) is 36.6. The maximum absolute atomic E-state index is 7.05. The van der Waals surface area contributed by atoms with Gasteiger partial charge in [0.2, 0.25) is 0 Å². The molecular formula is C76H82BN3O. The Morgan fingerprint density at radius 1 is 0.383 bits per heavy atom. The van der Waals surface area contributed by atoms with Gasteiger partial charge in [0.1, 0.15) is 11.2 Å². The molecule has 0 saturated carbocycles. The van der Waals surface area contributed by atoms with Gasteiger partial charge in [0.05, 0.1) is 5.69 Å². The molecule has 8 aromatic carbocycles. The highest BCUT2D eigenvalue weighted by molar-refractivity contribution is 7.00. The molecule has 0 atom stereocenters. The highest BCUT2D eigenvalue weighted by Gasteiger charge is 2.49. The van der Waals surface area contributed by atoms with Crippen molar-refractivity contribution in [2.45, 2.75) is 180 Å². The van der Waals surface area contributed by atoms with E-state index in [1.165, 1.54) is 90.2 Å². The van der Waals surface area contributed by atoms with Crippen LogP contribution in [0, 0.1) is 0 Å². The monoisotopic (exact) mass is 1060 g/mol. The van der Waals surface area contributed by atoms with Gasteiger partial charge in [-0.15, -0.1) is 0 Å². The van der Waals surface area contributed by atoms with Crippen LogP contribution in [0.15, 0.2) is 156 Å². The second kappa shape index (κ2) is 17.3. The number of furan rings is 1. The lowest BCUT2D eigenvalue weighted by atomic mass is 9.32. The average molecular weight is 1060 g/mol. The summed E-state index contributed by atoms with van der Waals surface area (Å²) in [5, 5.41) is 2.29. The Labute approximate surface area is 483 Å². The normalized spacial score (nSPS) is 19.3. The van der Waals surface area contributed by atoms with Crippen LogP contribution in [0.2, 0.25) is 0 Å². The Balaban J connectivity index is 1.14. The fourth-order valence-corrected chi connectivity index (χ4v) is 15.5. The van der Waals surface area contributed by atoms with E-state index in [2.05, 4.69) is 270 Å². The lowest BCUT2D eigenvalue weighted by Gasteiger charge is -2.49. The predicted octanol–water partition coefficient (Wildman–Crippen LogP) is 19.5. The van der Waals surface area contributed by atoms with Crippen LogP contribution >= 0.6 is 0 Å². The molecule has 0 N–H and O–H groups in total. The zero-order valence-electron chi connectivity index (χ0n) is 51.0. The number of anilines is 9. The average Bonchev–Trinajstić information content (AvgIpc) is 2.24. The fraction of sp³-hybridized carbons (Fsp3) is 0.368. The van der Waals surface area contributed by atoms with Crippen molar-refractivity contribution in [2.24, 2.45) is 0 Å². The molecule has 3 heterocycles. The summed E-state index contributed by atoms with van der Waals surface area (Å²) in [7, 11) is 0. The molecule has 9 aromatic rings. The van der Waals surface area contributed by atoms with Crippen LogP contribution < -0.4 is 31.1 Å². The number of hydrogen-bond donors (Lipinski definition) is 0. The molecule has 14 rings (SSSR count). The van der Waals surface area contributed by atoms with Gasteiger partial charge in [-0.25, -0.2) is 0 Å². The minimum atomic E-state index is -0.0560. The summed E-state index contributed by atoms with van der Waals surface area (Å²) >= 11 is 0. The number of fused-ring (bicyclic) bond motifs is 10. The summed E-state index contributed by atoms with van der Waals surface area (Å²) < 4.78 is 7.05.